The van der Waals surface area contributed by atoms with E-state index in [-0.39, 0.29) is 23.6 Å². The molecule has 122 valence electrons. The van der Waals surface area contributed by atoms with E-state index in [0.29, 0.717) is 5.92 Å². The fourth-order valence-electron chi connectivity index (χ4n) is 3.77. The van der Waals surface area contributed by atoms with Crippen LogP contribution in [0.3, 0.4) is 0 Å². The molecule has 0 aromatic rings. The normalized spacial score (nSPS) is 29.4. The Morgan fingerprint density at radius 3 is 2.57 bits per heavy atom. The van der Waals surface area contributed by atoms with Gasteiger partial charge in [0.25, 0.3) is 0 Å². The summed E-state index contributed by atoms with van der Waals surface area (Å²) in [5.74, 6) is 2.44. The highest BCUT2D eigenvalue weighted by Crippen LogP contribution is 2.47. The summed E-state index contributed by atoms with van der Waals surface area (Å²) in [6.45, 7) is 4.15. The minimum atomic E-state index is -3.06. The SMILES string of the molecule is CCS(=O)(=O)C[C@H](C)N(C)C(=O)NC[C@@H]1C[C@H]2CC[C@H]1C2. The van der Waals surface area contributed by atoms with Gasteiger partial charge in [0.1, 0.15) is 0 Å². The van der Waals surface area contributed by atoms with E-state index in [0.717, 1.165) is 18.4 Å². The van der Waals surface area contributed by atoms with Gasteiger partial charge in [-0.05, 0) is 43.9 Å². The van der Waals surface area contributed by atoms with Crippen LogP contribution < -0.4 is 5.32 Å². The quantitative estimate of drug-likeness (QED) is 0.814. The van der Waals surface area contributed by atoms with E-state index in [1.807, 2.05) is 0 Å². The summed E-state index contributed by atoms with van der Waals surface area (Å²) < 4.78 is 23.3. The van der Waals surface area contributed by atoms with Crippen LogP contribution in [0.25, 0.3) is 0 Å². The van der Waals surface area contributed by atoms with Crippen LogP contribution in [0, 0.1) is 17.8 Å². The van der Waals surface area contributed by atoms with Crippen molar-refractivity contribution in [3.8, 4) is 0 Å². The Balaban J connectivity index is 1.77. The monoisotopic (exact) mass is 316 g/mol. The molecule has 21 heavy (non-hydrogen) atoms. The van der Waals surface area contributed by atoms with E-state index in [2.05, 4.69) is 5.32 Å². The molecule has 2 aliphatic rings. The molecule has 0 spiro atoms. The molecule has 2 aliphatic carbocycles. The summed E-state index contributed by atoms with van der Waals surface area (Å²) >= 11 is 0. The zero-order chi connectivity index (χ0) is 15.6. The summed E-state index contributed by atoms with van der Waals surface area (Å²) in [4.78, 5) is 13.7. The van der Waals surface area contributed by atoms with Gasteiger partial charge in [-0.2, -0.15) is 0 Å². The van der Waals surface area contributed by atoms with E-state index in [9.17, 15) is 13.2 Å². The Kier molecular flexibility index (Phi) is 5.17. The first-order valence-electron chi connectivity index (χ1n) is 8.03. The van der Waals surface area contributed by atoms with Crippen LogP contribution >= 0.6 is 0 Å². The van der Waals surface area contributed by atoms with Gasteiger partial charge in [-0.25, -0.2) is 13.2 Å². The number of nitrogens with zero attached hydrogens (tertiary/aromatic N) is 1. The summed E-state index contributed by atoms with van der Waals surface area (Å²) in [5, 5.41) is 2.99. The number of fused-ring (bicyclic) bond motifs is 2. The van der Waals surface area contributed by atoms with E-state index in [4.69, 9.17) is 0 Å². The number of rotatable bonds is 6. The van der Waals surface area contributed by atoms with Crippen molar-refractivity contribution < 1.29 is 13.2 Å². The molecule has 0 aromatic heterocycles. The summed E-state index contributed by atoms with van der Waals surface area (Å²) in [5.41, 5.74) is 0. The first-order chi connectivity index (χ1) is 9.82. The number of carbonyl (C=O) groups is 1. The predicted molar refractivity (Wildman–Crippen MR) is 83.9 cm³/mol. The number of hydrogen-bond acceptors (Lipinski definition) is 3. The van der Waals surface area contributed by atoms with Crippen molar-refractivity contribution in [2.75, 3.05) is 25.1 Å². The fourth-order valence-corrected chi connectivity index (χ4v) is 4.96. The molecule has 6 heteroatoms. The molecule has 1 N–H and O–H groups in total. The molecule has 2 bridgehead atoms. The maximum atomic E-state index is 12.1. The highest BCUT2D eigenvalue weighted by atomic mass is 32.2. The van der Waals surface area contributed by atoms with Gasteiger partial charge >= 0.3 is 6.03 Å². The van der Waals surface area contributed by atoms with Crippen LogP contribution in [0.4, 0.5) is 4.79 Å². The molecule has 0 unspecified atom stereocenters. The van der Waals surface area contributed by atoms with E-state index >= 15 is 0 Å². The smallest absolute Gasteiger partial charge is 0.317 e. The van der Waals surface area contributed by atoms with Gasteiger partial charge in [-0.15, -0.1) is 0 Å². The molecule has 0 aromatic carbocycles. The Hall–Kier alpha value is -0.780. The molecule has 2 amide bonds. The van der Waals surface area contributed by atoms with Crippen LogP contribution in [-0.2, 0) is 9.84 Å². The van der Waals surface area contributed by atoms with Crippen LogP contribution in [-0.4, -0.2) is 50.5 Å². The number of urea groups is 1. The largest absolute Gasteiger partial charge is 0.338 e. The predicted octanol–water partition coefficient (Wildman–Crippen LogP) is 1.89. The number of hydrogen-bond donors (Lipinski definition) is 1. The lowest BCUT2D eigenvalue weighted by Crippen LogP contribution is -2.46. The Morgan fingerprint density at radius 1 is 1.33 bits per heavy atom. The maximum Gasteiger partial charge on any atom is 0.317 e. The molecule has 0 saturated heterocycles. The number of nitrogens with one attached hydrogen (secondary N) is 1. The molecule has 4 atom stereocenters. The Labute approximate surface area is 128 Å². The van der Waals surface area contributed by atoms with E-state index in [1.165, 1.54) is 30.6 Å². The van der Waals surface area contributed by atoms with Gasteiger partial charge in [0.15, 0.2) is 9.84 Å². The van der Waals surface area contributed by atoms with Gasteiger partial charge in [-0.3, -0.25) is 0 Å². The average Bonchev–Trinajstić information content (AvgIpc) is 3.05. The Morgan fingerprint density at radius 2 is 2.05 bits per heavy atom. The van der Waals surface area contributed by atoms with Crippen LogP contribution in [0.2, 0.25) is 0 Å². The van der Waals surface area contributed by atoms with E-state index < -0.39 is 9.84 Å². The van der Waals surface area contributed by atoms with Gasteiger partial charge in [0, 0.05) is 25.4 Å². The molecule has 0 aliphatic heterocycles. The minimum absolute atomic E-state index is 0.0293. The number of sulfone groups is 1. The second-order valence-electron chi connectivity index (χ2n) is 6.78. The zero-order valence-corrected chi connectivity index (χ0v) is 14.2. The second kappa shape index (κ2) is 6.55. The van der Waals surface area contributed by atoms with Gasteiger partial charge in [0.05, 0.1) is 5.75 Å². The van der Waals surface area contributed by atoms with Crippen LogP contribution in [0.15, 0.2) is 0 Å². The van der Waals surface area contributed by atoms with E-state index in [1.54, 1.807) is 20.9 Å². The lowest BCUT2D eigenvalue weighted by atomic mass is 9.89. The maximum absolute atomic E-state index is 12.1. The number of amides is 2. The standard InChI is InChI=1S/C15H28N2O3S/c1-4-21(19,20)10-11(2)17(3)15(18)16-9-14-8-12-5-6-13(14)7-12/h11-14H,4-10H2,1-3H3,(H,16,18)/t11-,12-,13-,14-/m0/s1. The lowest BCUT2D eigenvalue weighted by Gasteiger charge is -2.27. The fraction of sp³-hybridized carbons (Fsp3) is 0.933. The van der Waals surface area contributed by atoms with Crippen molar-refractivity contribution in [1.82, 2.24) is 10.2 Å². The summed E-state index contributed by atoms with van der Waals surface area (Å²) in [7, 11) is -1.38. The third-order valence-corrected chi connectivity index (χ3v) is 7.19. The van der Waals surface area contributed by atoms with Crippen LogP contribution in [0.1, 0.15) is 39.5 Å². The molecular formula is C15H28N2O3S. The third-order valence-electron chi connectivity index (χ3n) is 5.32. The van der Waals surface area contributed by atoms with Crippen molar-refractivity contribution in [3.05, 3.63) is 0 Å². The van der Waals surface area contributed by atoms with Gasteiger partial charge in [0.2, 0.25) is 0 Å². The van der Waals surface area contributed by atoms with Crippen molar-refractivity contribution in [2.45, 2.75) is 45.6 Å². The van der Waals surface area contributed by atoms with Crippen molar-refractivity contribution in [3.63, 3.8) is 0 Å². The Bertz CT molecular complexity index is 477. The van der Waals surface area contributed by atoms with Gasteiger partial charge < -0.3 is 10.2 Å². The average molecular weight is 316 g/mol. The topological polar surface area (TPSA) is 66.5 Å². The van der Waals surface area contributed by atoms with Gasteiger partial charge in [-0.1, -0.05) is 13.3 Å². The first-order valence-corrected chi connectivity index (χ1v) is 9.85. The molecule has 2 rings (SSSR count). The molecular weight excluding hydrogens is 288 g/mol. The van der Waals surface area contributed by atoms with Crippen molar-refractivity contribution in [1.29, 1.82) is 0 Å². The number of carbonyl (C=O) groups excluding carboxylic acids is 1. The highest BCUT2D eigenvalue weighted by Gasteiger charge is 2.39. The molecule has 0 radical (unpaired) electrons. The zero-order valence-electron chi connectivity index (χ0n) is 13.3. The second-order valence-corrected chi connectivity index (χ2v) is 9.18. The molecule has 0 heterocycles. The van der Waals surface area contributed by atoms with Crippen LogP contribution in [0.5, 0.6) is 0 Å². The third kappa shape index (κ3) is 4.11. The summed E-state index contributed by atoms with van der Waals surface area (Å²) in [6, 6.07) is -0.452. The summed E-state index contributed by atoms with van der Waals surface area (Å²) in [6.07, 6.45) is 5.25. The molecule has 2 saturated carbocycles. The first kappa shape index (κ1) is 16.6. The molecule has 2 fully saturated rings. The molecule has 5 nitrogen and oxygen atoms in total. The van der Waals surface area contributed by atoms with Crippen molar-refractivity contribution in [2.24, 2.45) is 17.8 Å². The lowest BCUT2D eigenvalue weighted by molar-refractivity contribution is 0.193. The highest BCUT2D eigenvalue weighted by molar-refractivity contribution is 7.91. The minimum Gasteiger partial charge on any atom is -0.338 e. The van der Waals surface area contributed by atoms with Crippen molar-refractivity contribution >= 4 is 15.9 Å².